The molecular formula is C10H16N4. The molecule has 1 aromatic rings. The van der Waals surface area contributed by atoms with Crippen molar-refractivity contribution in [1.29, 1.82) is 5.41 Å². The van der Waals surface area contributed by atoms with E-state index in [0.29, 0.717) is 6.42 Å². The van der Waals surface area contributed by atoms with Gasteiger partial charge in [-0.1, -0.05) is 24.3 Å². The summed E-state index contributed by atoms with van der Waals surface area (Å²) in [5, 5.41) is 7.15. The van der Waals surface area contributed by atoms with Crippen molar-refractivity contribution in [2.45, 2.75) is 12.8 Å². The maximum Gasteiger partial charge on any atom is 0.0950 e. The summed E-state index contributed by atoms with van der Waals surface area (Å²) in [4.78, 5) is 0. The Labute approximate surface area is 83.8 Å². The predicted octanol–water partition coefficient (Wildman–Crippen LogP) is 0.171. The minimum Gasteiger partial charge on any atom is -0.387 e. The van der Waals surface area contributed by atoms with Crippen molar-refractivity contribution in [3.05, 3.63) is 35.4 Å². The van der Waals surface area contributed by atoms with Crippen molar-refractivity contribution in [2.75, 3.05) is 6.54 Å². The summed E-state index contributed by atoms with van der Waals surface area (Å²) in [6.45, 7) is 0.770. The summed E-state index contributed by atoms with van der Waals surface area (Å²) in [7, 11) is 0. The molecule has 0 bridgehead atoms. The highest BCUT2D eigenvalue weighted by molar-refractivity contribution is 5.79. The number of nitrogens with one attached hydrogen (secondary N) is 2. The maximum absolute atomic E-state index is 7.15. The quantitative estimate of drug-likeness (QED) is 0.232. The van der Waals surface area contributed by atoms with Crippen molar-refractivity contribution in [1.82, 2.24) is 5.43 Å². The van der Waals surface area contributed by atoms with Gasteiger partial charge in [0, 0.05) is 13.0 Å². The summed E-state index contributed by atoms with van der Waals surface area (Å²) in [5.74, 6) is 5.37. The second-order valence-electron chi connectivity index (χ2n) is 3.22. The normalized spacial score (nSPS) is 10.1. The van der Waals surface area contributed by atoms with E-state index in [1.807, 2.05) is 24.3 Å². The molecule has 0 heterocycles. The van der Waals surface area contributed by atoms with Gasteiger partial charge in [0.25, 0.3) is 0 Å². The number of hydrazine groups is 1. The van der Waals surface area contributed by atoms with Crippen LogP contribution in [0.1, 0.15) is 11.1 Å². The van der Waals surface area contributed by atoms with E-state index >= 15 is 0 Å². The van der Waals surface area contributed by atoms with E-state index in [1.165, 1.54) is 5.56 Å². The van der Waals surface area contributed by atoms with Crippen molar-refractivity contribution in [3.63, 3.8) is 0 Å². The van der Waals surface area contributed by atoms with Crippen LogP contribution < -0.4 is 17.0 Å². The molecule has 6 N–H and O–H groups in total. The number of nitrogens with two attached hydrogens (primary N) is 2. The van der Waals surface area contributed by atoms with Crippen LogP contribution in [0.5, 0.6) is 0 Å². The third-order valence-electron chi connectivity index (χ3n) is 1.98. The Morgan fingerprint density at radius 3 is 2.29 bits per heavy atom. The molecule has 0 saturated heterocycles. The SMILES string of the molecule is N=C(N)Cc1ccc(CCNN)cc1. The lowest BCUT2D eigenvalue weighted by Crippen LogP contribution is -2.24. The van der Waals surface area contributed by atoms with E-state index in [2.05, 4.69) is 5.43 Å². The molecule has 0 saturated carbocycles. The minimum atomic E-state index is 0.196. The molecule has 0 radical (unpaired) electrons. The minimum absolute atomic E-state index is 0.196. The van der Waals surface area contributed by atoms with E-state index in [4.69, 9.17) is 17.0 Å². The molecule has 14 heavy (non-hydrogen) atoms. The molecule has 0 aromatic heterocycles. The molecule has 4 nitrogen and oxygen atoms in total. The highest BCUT2D eigenvalue weighted by Gasteiger charge is 1.96. The van der Waals surface area contributed by atoms with Gasteiger partial charge in [-0.15, -0.1) is 0 Å². The second-order valence-corrected chi connectivity index (χ2v) is 3.22. The van der Waals surface area contributed by atoms with Crippen molar-refractivity contribution in [3.8, 4) is 0 Å². The number of hydrogen-bond acceptors (Lipinski definition) is 3. The number of rotatable bonds is 5. The zero-order valence-electron chi connectivity index (χ0n) is 8.09. The van der Waals surface area contributed by atoms with Gasteiger partial charge in [-0.2, -0.15) is 0 Å². The van der Waals surface area contributed by atoms with Crippen LogP contribution in [0.25, 0.3) is 0 Å². The van der Waals surface area contributed by atoms with Gasteiger partial charge in [0.05, 0.1) is 5.84 Å². The summed E-state index contributed by atoms with van der Waals surface area (Å²) in [6.07, 6.45) is 1.44. The first-order valence-corrected chi connectivity index (χ1v) is 4.56. The average Bonchev–Trinajstić information content (AvgIpc) is 2.16. The van der Waals surface area contributed by atoms with E-state index in [9.17, 15) is 0 Å². The van der Waals surface area contributed by atoms with Crippen molar-refractivity contribution in [2.24, 2.45) is 11.6 Å². The first-order valence-electron chi connectivity index (χ1n) is 4.56. The zero-order valence-corrected chi connectivity index (χ0v) is 8.09. The largest absolute Gasteiger partial charge is 0.387 e. The van der Waals surface area contributed by atoms with Gasteiger partial charge >= 0.3 is 0 Å². The van der Waals surface area contributed by atoms with E-state index in [1.54, 1.807) is 0 Å². The van der Waals surface area contributed by atoms with Crippen molar-refractivity contribution >= 4 is 5.84 Å². The van der Waals surface area contributed by atoms with Gasteiger partial charge in [-0.3, -0.25) is 16.7 Å². The molecule has 0 atom stereocenters. The Morgan fingerprint density at radius 1 is 1.21 bits per heavy atom. The summed E-state index contributed by atoms with van der Waals surface area (Å²) in [6, 6.07) is 8.06. The van der Waals surface area contributed by atoms with Gasteiger partial charge in [0.15, 0.2) is 0 Å². The molecule has 0 aliphatic carbocycles. The summed E-state index contributed by atoms with van der Waals surface area (Å²) >= 11 is 0. The van der Waals surface area contributed by atoms with Gasteiger partial charge in [0.2, 0.25) is 0 Å². The van der Waals surface area contributed by atoms with Crippen LogP contribution in [-0.2, 0) is 12.8 Å². The smallest absolute Gasteiger partial charge is 0.0950 e. The maximum atomic E-state index is 7.15. The van der Waals surface area contributed by atoms with Crippen LogP contribution in [0, 0.1) is 5.41 Å². The molecule has 76 valence electrons. The van der Waals surface area contributed by atoms with Gasteiger partial charge in [0.1, 0.15) is 0 Å². The van der Waals surface area contributed by atoms with Crippen LogP contribution in [0.2, 0.25) is 0 Å². The van der Waals surface area contributed by atoms with Crippen LogP contribution >= 0.6 is 0 Å². The first-order chi connectivity index (χ1) is 6.72. The average molecular weight is 192 g/mol. The Morgan fingerprint density at radius 2 is 1.79 bits per heavy atom. The molecule has 0 unspecified atom stereocenters. The molecule has 0 spiro atoms. The Hall–Kier alpha value is -1.39. The molecule has 0 aliphatic rings. The molecular weight excluding hydrogens is 176 g/mol. The Balaban J connectivity index is 2.54. The number of amidine groups is 1. The number of hydrogen-bond donors (Lipinski definition) is 4. The third kappa shape index (κ3) is 3.55. The van der Waals surface area contributed by atoms with E-state index in [0.717, 1.165) is 18.5 Å². The highest BCUT2D eigenvalue weighted by Crippen LogP contribution is 2.05. The van der Waals surface area contributed by atoms with Gasteiger partial charge in [-0.25, -0.2) is 0 Å². The second kappa shape index (κ2) is 5.36. The van der Waals surface area contributed by atoms with Gasteiger partial charge in [-0.05, 0) is 17.5 Å². The predicted molar refractivity (Wildman–Crippen MR) is 58.0 cm³/mol. The van der Waals surface area contributed by atoms with Crippen LogP contribution in [0.15, 0.2) is 24.3 Å². The van der Waals surface area contributed by atoms with Crippen LogP contribution in [0.3, 0.4) is 0 Å². The molecule has 1 aromatic carbocycles. The fourth-order valence-corrected chi connectivity index (χ4v) is 1.26. The molecule has 1 rings (SSSR count). The highest BCUT2D eigenvalue weighted by atomic mass is 15.2. The lowest BCUT2D eigenvalue weighted by molar-refractivity contribution is 0.728. The fraction of sp³-hybridized carbons (Fsp3) is 0.300. The van der Waals surface area contributed by atoms with E-state index < -0.39 is 0 Å². The molecule has 0 fully saturated rings. The summed E-state index contributed by atoms with van der Waals surface area (Å²) in [5.41, 5.74) is 10.2. The topological polar surface area (TPSA) is 87.9 Å². The van der Waals surface area contributed by atoms with Crippen molar-refractivity contribution < 1.29 is 0 Å². The molecule has 0 aliphatic heterocycles. The van der Waals surface area contributed by atoms with E-state index in [-0.39, 0.29) is 5.84 Å². The van der Waals surface area contributed by atoms with Crippen LogP contribution in [0.4, 0.5) is 0 Å². The summed E-state index contributed by atoms with van der Waals surface area (Å²) < 4.78 is 0. The molecule has 0 amide bonds. The zero-order chi connectivity index (χ0) is 10.4. The third-order valence-corrected chi connectivity index (χ3v) is 1.98. The lowest BCUT2D eigenvalue weighted by Gasteiger charge is -2.03. The standard InChI is InChI=1S/C10H16N4/c11-10(12)7-9-3-1-8(2-4-9)5-6-14-13/h1-4,14H,5-7,13H2,(H3,11,12). The lowest BCUT2D eigenvalue weighted by atomic mass is 10.1. The Bertz CT molecular complexity index is 291. The molecule has 4 heteroatoms. The van der Waals surface area contributed by atoms with Gasteiger partial charge < -0.3 is 5.73 Å². The Kier molecular flexibility index (Phi) is 4.10. The van der Waals surface area contributed by atoms with Crippen LogP contribution in [-0.4, -0.2) is 12.4 Å². The number of benzene rings is 1. The monoisotopic (exact) mass is 192 g/mol. The fourth-order valence-electron chi connectivity index (χ4n) is 1.26. The first kappa shape index (κ1) is 10.7.